The number of ether oxygens (including phenoxy) is 2. The topological polar surface area (TPSA) is 38.7 Å². The molecule has 0 aromatic carbocycles. The van der Waals surface area contributed by atoms with Gasteiger partial charge >= 0.3 is 0 Å². The summed E-state index contributed by atoms with van der Waals surface area (Å²) >= 11 is 0. The van der Waals surface area contributed by atoms with Crippen LogP contribution in [0.5, 0.6) is 0 Å². The summed E-state index contributed by atoms with van der Waals surface area (Å²) in [6.45, 7) is 6.44. The van der Waals surface area contributed by atoms with Gasteiger partial charge in [-0.1, -0.05) is 0 Å². The SMILES string of the molecule is CCOC(CC[Si](C)(C)O)OC. The Morgan fingerprint density at radius 3 is 2.33 bits per heavy atom. The molecule has 0 amide bonds. The zero-order valence-electron chi connectivity index (χ0n) is 8.46. The number of methoxy groups -OCH3 is 1. The highest BCUT2D eigenvalue weighted by Gasteiger charge is 2.19. The van der Waals surface area contributed by atoms with Gasteiger partial charge in [0.05, 0.1) is 0 Å². The molecule has 74 valence electrons. The van der Waals surface area contributed by atoms with Gasteiger partial charge in [0.1, 0.15) is 0 Å². The first-order chi connectivity index (χ1) is 5.49. The largest absolute Gasteiger partial charge is 0.432 e. The van der Waals surface area contributed by atoms with Crippen molar-refractivity contribution in [3.8, 4) is 0 Å². The molecule has 0 fully saturated rings. The van der Waals surface area contributed by atoms with Crippen molar-refractivity contribution in [2.75, 3.05) is 13.7 Å². The highest BCUT2D eigenvalue weighted by Crippen LogP contribution is 2.12. The summed E-state index contributed by atoms with van der Waals surface area (Å²) in [5, 5.41) is 0. The maximum absolute atomic E-state index is 9.56. The molecule has 0 rings (SSSR count). The molecule has 0 radical (unpaired) electrons. The molecule has 4 heteroatoms. The fourth-order valence-electron chi connectivity index (χ4n) is 0.926. The van der Waals surface area contributed by atoms with Crippen LogP contribution in [0.4, 0.5) is 0 Å². The molecule has 1 unspecified atom stereocenters. The van der Waals surface area contributed by atoms with E-state index in [-0.39, 0.29) is 6.29 Å². The molecule has 0 aromatic rings. The molecule has 0 saturated heterocycles. The summed E-state index contributed by atoms with van der Waals surface area (Å²) in [6, 6.07) is 0.825. The summed E-state index contributed by atoms with van der Waals surface area (Å²) in [7, 11) is -0.294. The van der Waals surface area contributed by atoms with E-state index >= 15 is 0 Å². The van der Waals surface area contributed by atoms with Crippen LogP contribution in [0.25, 0.3) is 0 Å². The minimum absolute atomic E-state index is 0.145. The first-order valence-corrected chi connectivity index (χ1v) is 7.52. The average Bonchev–Trinajstić information content (AvgIpc) is 1.96. The molecular weight excluding hydrogens is 172 g/mol. The second-order valence-electron chi connectivity index (χ2n) is 3.47. The lowest BCUT2D eigenvalue weighted by Gasteiger charge is -2.19. The molecule has 1 N–H and O–H groups in total. The Morgan fingerprint density at radius 1 is 1.42 bits per heavy atom. The van der Waals surface area contributed by atoms with Gasteiger partial charge in [0, 0.05) is 13.7 Å². The molecule has 12 heavy (non-hydrogen) atoms. The first-order valence-electron chi connectivity index (χ1n) is 4.36. The Kier molecular flexibility index (Phi) is 5.74. The Bertz CT molecular complexity index is 111. The summed E-state index contributed by atoms with van der Waals surface area (Å²) in [4.78, 5) is 9.56. The van der Waals surface area contributed by atoms with Crippen molar-refractivity contribution < 1.29 is 14.3 Å². The molecule has 0 spiro atoms. The molecule has 0 bridgehead atoms. The minimum atomic E-state index is -1.93. The predicted molar refractivity (Wildman–Crippen MR) is 51.5 cm³/mol. The second-order valence-corrected chi connectivity index (χ2v) is 7.60. The van der Waals surface area contributed by atoms with Crippen molar-refractivity contribution in [2.24, 2.45) is 0 Å². The van der Waals surface area contributed by atoms with Crippen molar-refractivity contribution in [2.45, 2.75) is 38.8 Å². The molecule has 1 atom stereocenters. The van der Waals surface area contributed by atoms with Gasteiger partial charge in [0.15, 0.2) is 14.6 Å². The predicted octanol–water partition coefficient (Wildman–Crippen LogP) is 1.58. The van der Waals surface area contributed by atoms with Crippen molar-refractivity contribution >= 4 is 8.32 Å². The molecule has 0 heterocycles. The summed E-state index contributed by atoms with van der Waals surface area (Å²) in [6.07, 6.45) is 0.647. The van der Waals surface area contributed by atoms with Crippen LogP contribution < -0.4 is 0 Å². The monoisotopic (exact) mass is 192 g/mol. The second kappa shape index (κ2) is 5.69. The first kappa shape index (κ1) is 12.1. The Hall–Kier alpha value is 0.0969. The maximum atomic E-state index is 9.56. The van der Waals surface area contributed by atoms with Gasteiger partial charge in [0.25, 0.3) is 0 Å². The number of hydrogen-bond acceptors (Lipinski definition) is 3. The van der Waals surface area contributed by atoms with Crippen molar-refractivity contribution in [3.63, 3.8) is 0 Å². The summed E-state index contributed by atoms with van der Waals surface area (Å²) in [5.41, 5.74) is 0. The van der Waals surface area contributed by atoms with Crippen LogP contribution in [0.3, 0.4) is 0 Å². The zero-order valence-corrected chi connectivity index (χ0v) is 9.46. The van der Waals surface area contributed by atoms with Gasteiger partial charge in [-0.25, -0.2) is 0 Å². The van der Waals surface area contributed by atoms with Gasteiger partial charge in [-0.2, -0.15) is 0 Å². The van der Waals surface area contributed by atoms with E-state index in [0.717, 1.165) is 12.5 Å². The minimum Gasteiger partial charge on any atom is -0.432 e. The Balaban J connectivity index is 3.58. The molecule has 0 aromatic heterocycles. The van der Waals surface area contributed by atoms with Crippen LogP contribution in [0, 0.1) is 0 Å². The lowest BCUT2D eigenvalue weighted by Crippen LogP contribution is -2.27. The maximum Gasteiger partial charge on any atom is 0.182 e. The van der Waals surface area contributed by atoms with E-state index in [0.29, 0.717) is 6.61 Å². The van der Waals surface area contributed by atoms with Crippen LogP contribution in [-0.4, -0.2) is 33.1 Å². The lowest BCUT2D eigenvalue weighted by atomic mass is 10.5. The number of hydrogen-bond donors (Lipinski definition) is 1. The van der Waals surface area contributed by atoms with Gasteiger partial charge in [0.2, 0.25) is 0 Å². The zero-order chi connectivity index (χ0) is 9.61. The molecular formula is C8H20O3Si. The average molecular weight is 192 g/mol. The summed E-state index contributed by atoms with van der Waals surface area (Å²) in [5.74, 6) is 0. The highest BCUT2D eigenvalue weighted by atomic mass is 28.4. The highest BCUT2D eigenvalue weighted by molar-refractivity contribution is 6.69. The van der Waals surface area contributed by atoms with Crippen molar-refractivity contribution in [1.82, 2.24) is 0 Å². The lowest BCUT2D eigenvalue weighted by molar-refractivity contribution is -0.121. The fourth-order valence-corrected chi connectivity index (χ4v) is 1.87. The normalized spacial score (nSPS) is 14.8. The third-order valence-corrected chi connectivity index (χ3v) is 3.12. The third kappa shape index (κ3) is 6.79. The van der Waals surface area contributed by atoms with Crippen LogP contribution >= 0.6 is 0 Å². The quantitative estimate of drug-likeness (QED) is 0.513. The van der Waals surface area contributed by atoms with E-state index in [1.165, 1.54) is 0 Å². The van der Waals surface area contributed by atoms with Gasteiger partial charge in [-0.05, 0) is 32.5 Å². The Morgan fingerprint density at radius 2 is 2.00 bits per heavy atom. The molecule has 3 nitrogen and oxygen atoms in total. The summed E-state index contributed by atoms with van der Waals surface area (Å²) < 4.78 is 10.4. The molecule has 0 aliphatic rings. The van der Waals surface area contributed by atoms with E-state index in [1.807, 2.05) is 20.0 Å². The van der Waals surface area contributed by atoms with Gasteiger partial charge < -0.3 is 14.3 Å². The van der Waals surface area contributed by atoms with E-state index in [4.69, 9.17) is 9.47 Å². The van der Waals surface area contributed by atoms with Crippen molar-refractivity contribution in [3.05, 3.63) is 0 Å². The van der Waals surface area contributed by atoms with Crippen LogP contribution in [0.2, 0.25) is 19.1 Å². The van der Waals surface area contributed by atoms with Gasteiger partial charge in [-0.15, -0.1) is 0 Å². The van der Waals surface area contributed by atoms with E-state index in [9.17, 15) is 4.80 Å². The van der Waals surface area contributed by atoms with Gasteiger partial charge in [-0.3, -0.25) is 0 Å². The van der Waals surface area contributed by atoms with Crippen molar-refractivity contribution in [1.29, 1.82) is 0 Å². The van der Waals surface area contributed by atoms with E-state index < -0.39 is 8.32 Å². The fraction of sp³-hybridized carbons (Fsp3) is 1.00. The molecule has 0 aliphatic heterocycles. The molecule has 0 aliphatic carbocycles. The smallest absolute Gasteiger partial charge is 0.182 e. The molecule has 0 saturated carbocycles. The third-order valence-electron chi connectivity index (χ3n) is 1.61. The standard InChI is InChI=1S/C8H20O3Si/c1-5-11-8(10-2)6-7-12(3,4)9/h8-9H,5-7H2,1-4H3. The number of rotatable bonds is 6. The van der Waals surface area contributed by atoms with Crippen LogP contribution in [-0.2, 0) is 9.47 Å². The Labute approximate surface area is 75.8 Å². The van der Waals surface area contributed by atoms with E-state index in [1.54, 1.807) is 7.11 Å². The van der Waals surface area contributed by atoms with Crippen LogP contribution in [0.15, 0.2) is 0 Å². The van der Waals surface area contributed by atoms with E-state index in [2.05, 4.69) is 0 Å². The van der Waals surface area contributed by atoms with Crippen LogP contribution in [0.1, 0.15) is 13.3 Å².